The molecule has 2 aliphatic rings. The molecule has 1 saturated heterocycles. The molecule has 0 bridgehead atoms. The lowest BCUT2D eigenvalue weighted by atomic mass is 9.77. The van der Waals surface area contributed by atoms with Gasteiger partial charge in [-0.05, 0) is 49.1 Å². The molecule has 0 amide bonds. The highest BCUT2D eigenvalue weighted by Gasteiger charge is 2.35. The minimum absolute atomic E-state index is 0.740. The van der Waals surface area contributed by atoms with Gasteiger partial charge in [0.2, 0.25) is 0 Å². The third kappa shape index (κ3) is 1.52. The summed E-state index contributed by atoms with van der Waals surface area (Å²) in [5.74, 6) is 2.61. The van der Waals surface area contributed by atoms with Crippen LogP contribution in [0.5, 0.6) is 5.75 Å². The van der Waals surface area contributed by atoms with Crippen LogP contribution in [0.25, 0.3) is 0 Å². The molecule has 86 valence electrons. The van der Waals surface area contributed by atoms with Crippen LogP contribution in [0, 0.1) is 5.92 Å². The van der Waals surface area contributed by atoms with E-state index in [4.69, 9.17) is 4.74 Å². The monoisotopic (exact) mass is 217 g/mol. The number of methoxy groups -OCH3 is 1. The van der Waals surface area contributed by atoms with Gasteiger partial charge >= 0.3 is 0 Å². The van der Waals surface area contributed by atoms with E-state index in [0.29, 0.717) is 0 Å². The topological polar surface area (TPSA) is 12.5 Å². The number of hydrogen-bond acceptors (Lipinski definition) is 2. The highest BCUT2D eigenvalue weighted by atomic mass is 16.5. The summed E-state index contributed by atoms with van der Waals surface area (Å²) in [6.45, 7) is 2.48. The lowest BCUT2D eigenvalue weighted by Gasteiger charge is -2.27. The Kier molecular flexibility index (Phi) is 2.40. The predicted molar refractivity (Wildman–Crippen MR) is 65.0 cm³/mol. The molecule has 2 heteroatoms. The molecule has 0 saturated carbocycles. The summed E-state index contributed by atoms with van der Waals surface area (Å²) in [7, 11) is 3.99. The van der Waals surface area contributed by atoms with Crippen molar-refractivity contribution in [2.75, 3.05) is 27.2 Å². The summed E-state index contributed by atoms with van der Waals surface area (Å²) < 4.78 is 5.34. The first-order chi connectivity index (χ1) is 7.78. The van der Waals surface area contributed by atoms with E-state index in [1.165, 1.54) is 31.5 Å². The van der Waals surface area contributed by atoms with Gasteiger partial charge in [0.05, 0.1) is 7.11 Å². The molecule has 0 N–H and O–H groups in total. The zero-order valence-electron chi connectivity index (χ0n) is 10.1. The Labute approximate surface area is 97.2 Å². The summed E-state index contributed by atoms with van der Waals surface area (Å²) in [5, 5.41) is 0. The normalized spacial score (nSPS) is 28.6. The van der Waals surface area contributed by atoms with Crippen LogP contribution in [0.3, 0.4) is 0 Å². The zero-order chi connectivity index (χ0) is 11.1. The van der Waals surface area contributed by atoms with Gasteiger partial charge in [0.1, 0.15) is 5.75 Å². The second kappa shape index (κ2) is 3.77. The van der Waals surface area contributed by atoms with Crippen molar-refractivity contribution in [3.05, 3.63) is 29.3 Å². The molecule has 2 atom stereocenters. The van der Waals surface area contributed by atoms with Crippen LogP contribution in [0.4, 0.5) is 0 Å². The van der Waals surface area contributed by atoms with Crippen molar-refractivity contribution in [2.24, 2.45) is 5.92 Å². The number of fused-ring (bicyclic) bond motifs is 3. The van der Waals surface area contributed by atoms with Gasteiger partial charge in [-0.2, -0.15) is 0 Å². The van der Waals surface area contributed by atoms with Gasteiger partial charge in [-0.3, -0.25) is 0 Å². The number of nitrogens with zero attached hydrogens (tertiary/aromatic N) is 1. The third-order valence-corrected chi connectivity index (χ3v) is 4.16. The number of ether oxygens (including phenoxy) is 1. The van der Waals surface area contributed by atoms with Crippen LogP contribution >= 0.6 is 0 Å². The van der Waals surface area contributed by atoms with Crippen molar-refractivity contribution in [1.82, 2.24) is 4.90 Å². The maximum atomic E-state index is 5.34. The number of aryl methyl sites for hydroxylation is 1. The molecule has 0 radical (unpaired) electrons. The largest absolute Gasteiger partial charge is 0.497 e. The molecular formula is C14H19NO. The molecule has 1 aliphatic heterocycles. The van der Waals surface area contributed by atoms with Crippen molar-refractivity contribution in [3.8, 4) is 5.75 Å². The molecule has 16 heavy (non-hydrogen) atoms. The lowest BCUT2D eigenvalue weighted by molar-refractivity contribution is 0.386. The van der Waals surface area contributed by atoms with E-state index < -0.39 is 0 Å². The summed E-state index contributed by atoms with van der Waals surface area (Å²) >= 11 is 0. The molecule has 3 rings (SSSR count). The Bertz CT molecular complexity index is 402. The fourth-order valence-electron chi connectivity index (χ4n) is 3.35. The molecule has 1 heterocycles. The predicted octanol–water partition coefficient (Wildman–Crippen LogP) is 2.29. The average molecular weight is 217 g/mol. The van der Waals surface area contributed by atoms with E-state index in [1.807, 2.05) is 0 Å². The maximum absolute atomic E-state index is 5.34. The van der Waals surface area contributed by atoms with Gasteiger partial charge in [-0.15, -0.1) is 0 Å². The third-order valence-electron chi connectivity index (χ3n) is 4.16. The van der Waals surface area contributed by atoms with Crippen molar-refractivity contribution in [1.29, 1.82) is 0 Å². The molecular weight excluding hydrogens is 198 g/mol. The molecule has 1 aromatic carbocycles. The van der Waals surface area contributed by atoms with Gasteiger partial charge in [-0.1, -0.05) is 6.07 Å². The van der Waals surface area contributed by atoms with Crippen LogP contribution in [-0.4, -0.2) is 32.1 Å². The molecule has 2 nitrogen and oxygen atoms in total. The van der Waals surface area contributed by atoms with E-state index in [9.17, 15) is 0 Å². The fraction of sp³-hybridized carbons (Fsp3) is 0.571. The van der Waals surface area contributed by atoms with Crippen LogP contribution in [0.15, 0.2) is 18.2 Å². The first kappa shape index (κ1) is 10.2. The van der Waals surface area contributed by atoms with E-state index in [0.717, 1.165) is 17.6 Å². The average Bonchev–Trinajstić information content (AvgIpc) is 2.69. The van der Waals surface area contributed by atoms with Crippen LogP contribution in [0.2, 0.25) is 0 Å². The first-order valence-electron chi connectivity index (χ1n) is 6.13. The second-order valence-electron chi connectivity index (χ2n) is 5.19. The Morgan fingerprint density at radius 3 is 3.00 bits per heavy atom. The quantitative estimate of drug-likeness (QED) is 0.715. The first-order valence-corrected chi connectivity index (χ1v) is 6.13. The van der Waals surface area contributed by atoms with Gasteiger partial charge in [0.25, 0.3) is 0 Å². The van der Waals surface area contributed by atoms with Crippen molar-refractivity contribution in [2.45, 2.75) is 18.8 Å². The molecule has 0 unspecified atom stereocenters. The number of benzene rings is 1. The number of likely N-dealkylation sites (N-methyl/N-ethyl adjacent to an activating group) is 1. The summed E-state index contributed by atoms with van der Waals surface area (Å²) in [6.07, 6.45) is 2.60. The second-order valence-corrected chi connectivity index (χ2v) is 5.19. The Morgan fingerprint density at radius 1 is 1.31 bits per heavy atom. The minimum Gasteiger partial charge on any atom is -0.497 e. The summed E-state index contributed by atoms with van der Waals surface area (Å²) in [4.78, 5) is 2.46. The Hall–Kier alpha value is -1.02. The zero-order valence-corrected chi connectivity index (χ0v) is 10.1. The molecule has 0 spiro atoms. The smallest absolute Gasteiger partial charge is 0.119 e. The van der Waals surface area contributed by atoms with E-state index in [-0.39, 0.29) is 0 Å². The Morgan fingerprint density at radius 2 is 2.19 bits per heavy atom. The van der Waals surface area contributed by atoms with Gasteiger partial charge in [-0.25, -0.2) is 0 Å². The van der Waals surface area contributed by atoms with E-state index in [1.54, 1.807) is 12.7 Å². The number of rotatable bonds is 1. The SMILES string of the molecule is COc1ccc2c(c1)[C@H]1CN(C)C[C@H]1CC2. The van der Waals surface area contributed by atoms with Gasteiger partial charge < -0.3 is 9.64 Å². The molecule has 1 fully saturated rings. The highest BCUT2D eigenvalue weighted by molar-refractivity contribution is 5.40. The highest BCUT2D eigenvalue weighted by Crippen LogP contribution is 2.41. The summed E-state index contributed by atoms with van der Waals surface area (Å²) in [5.41, 5.74) is 3.08. The van der Waals surface area contributed by atoms with Crippen molar-refractivity contribution in [3.63, 3.8) is 0 Å². The standard InChI is InChI=1S/C14H19NO/c1-15-8-11-4-3-10-5-6-12(16-2)7-13(10)14(11)9-15/h5-7,11,14H,3-4,8-9H2,1-2H3/t11-,14+/m1/s1. The van der Waals surface area contributed by atoms with Gasteiger partial charge in [0, 0.05) is 19.0 Å². The fourth-order valence-corrected chi connectivity index (χ4v) is 3.35. The van der Waals surface area contributed by atoms with E-state index >= 15 is 0 Å². The minimum atomic E-state index is 0.740. The Balaban J connectivity index is 2.00. The molecule has 0 aromatic heterocycles. The molecule has 1 aromatic rings. The number of hydrogen-bond donors (Lipinski definition) is 0. The van der Waals surface area contributed by atoms with E-state index in [2.05, 4.69) is 30.1 Å². The van der Waals surface area contributed by atoms with Crippen molar-refractivity contribution >= 4 is 0 Å². The van der Waals surface area contributed by atoms with Crippen molar-refractivity contribution < 1.29 is 4.74 Å². The van der Waals surface area contributed by atoms with Crippen LogP contribution in [0.1, 0.15) is 23.5 Å². The summed E-state index contributed by atoms with van der Waals surface area (Å²) in [6, 6.07) is 6.60. The van der Waals surface area contributed by atoms with Crippen LogP contribution < -0.4 is 4.74 Å². The van der Waals surface area contributed by atoms with Gasteiger partial charge in [0.15, 0.2) is 0 Å². The van der Waals surface area contributed by atoms with Crippen LogP contribution in [-0.2, 0) is 6.42 Å². The maximum Gasteiger partial charge on any atom is 0.119 e. The molecule has 1 aliphatic carbocycles. The number of likely N-dealkylation sites (tertiary alicyclic amines) is 1. The lowest BCUT2D eigenvalue weighted by Crippen LogP contribution is -2.18.